The molecular weight excluding hydrogens is 350 g/mol. The van der Waals surface area contributed by atoms with Gasteiger partial charge in [0.25, 0.3) is 5.56 Å². The summed E-state index contributed by atoms with van der Waals surface area (Å²) in [7, 11) is 1.36. The van der Waals surface area contributed by atoms with Crippen LogP contribution in [0.1, 0.15) is 42.1 Å². The molecule has 0 unspecified atom stereocenters. The van der Waals surface area contributed by atoms with Crippen LogP contribution in [0.25, 0.3) is 22.9 Å². The molecule has 3 aliphatic rings. The summed E-state index contributed by atoms with van der Waals surface area (Å²) in [6.45, 7) is 0. The molecule has 2 aliphatic heterocycles. The standard InChI is InChI=1S/C18H17N5O4/c1-22-16(24)13-15(20-18(22)27)23(12-4-2-3-5-12)21-14(19-13)10-6-8-11(9-7-10)17(25)26/h6-9,12H,2-5H2,1H3,(H,25,26). The maximum absolute atomic E-state index is 12.6. The number of aromatic nitrogens is 5. The molecule has 0 bridgehead atoms. The lowest BCUT2D eigenvalue weighted by molar-refractivity contribution is 0.0697. The highest BCUT2D eigenvalue weighted by Gasteiger charge is 2.27. The maximum atomic E-state index is 12.6. The summed E-state index contributed by atoms with van der Waals surface area (Å²) < 4.78 is 2.56. The molecule has 0 radical (unpaired) electrons. The van der Waals surface area contributed by atoms with Crippen molar-refractivity contribution in [2.24, 2.45) is 7.05 Å². The van der Waals surface area contributed by atoms with Crippen molar-refractivity contribution in [2.75, 3.05) is 0 Å². The monoisotopic (exact) mass is 367 g/mol. The molecule has 4 rings (SSSR count). The van der Waals surface area contributed by atoms with Crippen LogP contribution in [0.2, 0.25) is 0 Å². The van der Waals surface area contributed by atoms with Gasteiger partial charge in [-0.1, -0.05) is 25.0 Å². The maximum Gasteiger partial charge on any atom is 0.352 e. The number of aromatic carboxylic acids is 1. The third-order valence-electron chi connectivity index (χ3n) is 4.91. The molecule has 27 heavy (non-hydrogen) atoms. The number of benzene rings is 1. The van der Waals surface area contributed by atoms with Gasteiger partial charge in [0, 0.05) is 12.6 Å². The molecule has 0 atom stereocenters. The summed E-state index contributed by atoms with van der Waals surface area (Å²) in [5.74, 6) is -0.534. The lowest BCUT2D eigenvalue weighted by Crippen LogP contribution is -2.37. The second-order valence-corrected chi connectivity index (χ2v) is 6.63. The van der Waals surface area contributed by atoms with E-state index in [1.165, 1.54) is 19.2 Å². The molecule has 1 fully saturated rings. The molecule has 0 aromatic heterocycles. The van der Waals surface area contributed by atoms with E-state index in [-0.39, 0.29) is 23.1 Å². The number of carboxylic acid groups (broad SMARTS) is 1. The van der Waals surface area contributed by atoms with Crippen LogP contribution >= 0.6 is 0 Å². The van der Waals surface area contributed by atoms with Gasteiger partial charge in [-0.25, -0.2) is 19.3 Å². The molecule has 1 aliphatic carbocycles. The zero-order chi connectivity index (χ0) is 19.1. The van der Waals surface area contributed by atoms with Crippen LogP contribution in [0.5, 0.6) is 0 Å². The Bertz CT molecular complexity index is 1110. The summed E-state index contributed by atoms with van der Waals surface area (Å²) in [4.78, 5) is 44.0. The van der Waals surface area contributed by atoms with E-state index in [1.54, 1.807) is 16.8 Å². The van der Waals surface area contributed by atoms with Crippen LogP contribution in [-0.2, 0) is 7.05 Å². The van der Waals surface area contributed by atoms with Crippen LogP contribution in [0.3, 0.4) is 0 Å². The number of fused-ring (bicyclic) bond motifs is 1. The van der Waals surface area contributed by atoms with Crippen LogP contribution in [0.4, 0.5) is 0 Å². The Kier molecular flexibility index (Phi) is 4.06. The number of carboxylic acids is 1. The summed E-state index contributed by atoms with van der Waals surface area (Å²) in [5.41, 5.74) is -0.348. The first kappa shape index (κ1) is 17.1. The second-order valence-electron chi connectivity index (χ2n) is 6.63. The Morgan fingerprint density at radius 1 is 1.11 bits per heavy atom. The van der Waals surface area contributed by atoms with Crippen LogP contribution in [0.15, 0.2) is 33.9 Å². The second kappa shape index (κ2) is 6.42. The smallest absolute Gasteiger partial charge is 0.352 e. The molecule has 0 saturated heterocycles. The number of rotatable bonds is 3. The van der Waals surface area contributed by atoms with Gasteiger partial charge in [-0.3, -0.25) is 9.36 Å². The first-order valence-corrected chi connectivity index (χ1v) is 8.67. The summed E-state index contributed by atoms with van der Waals surface area (Å²) >= 11 is 0. The van der Waals surface area contributed by atoms with E-state index in [1.807, 2.05) is 0 Å². The first-order valence-electron chi connectivity index (χ1n) is 8.67. The molecule has 138 valence electrons. The number of nitrogens with zero attached hydrogens (tertiary/aromatic N) is 5. The van der Waals surface area contributed by atoms with Crippen molar-refractivity contribution in [1.29, 1.82) is 0 Å². The van der Waals surface area contributed by atoms with Crippen molar-refractivity contribution in [1.82, 2.24) is 24.3 Å². The van der Waals surface area contributed by atoms with Gasteiger partial charge in [0.2, 0.25) is 0 Å². The molecular formula is C18H17N5O4. The Morgan fingerprint density at radius 2 is 1.78 bits per heavy atom. The van der Waals surface area contributed by atoms with Crippen molar-refractivity contribution in [2.45, 2.75) is 31.7 Å². The minimum absolute atomic E-state index is 0.0477. The lowest BCUT2D eigenvalue weighted by atomic mass is 10.1. The average Bonchev–Trinajstić information content (AvgIpc) is 3.20. The lowest BCUT2D eigenvalue weighted by Gasteiger charge is -2.19. The predicted molar refractivity (Wildman–Crippen MR) is 95.9 cm³/mol. The highest BCUT2D eigenvalue weighted by Crippen LogP contribution is 2.32. The predicted octanol–water partition coefficient (Wildman–Crippen LogP) is 1.32. The molecule has 1 N–H and O–H groups in total. The van der Waals surface area contributed by atoms with Crippen LogP contribution in [-0.4, -0.2) is 35.4 Å². The van der Waals surface area contributed by atoms with Crippen LogP contribution in [0, 0.1) is 0 Å². The zero-order valence-corrected chi connectivity index (χ0v) is 14.6. The number of hydrogen-bond donors (Lipinski definition) is 1. The van der Waals surface area contributed by atoms with Gasteiger partial charge in [0.1, 0.15) is 0 Å². The molecule has 2 heterocycles. The molecule has 0 spiro atoms. The van der Waals surface area contributed by atoms with Gasteiger partial charge in [0.05, 0.1) is 11.6 Å². The van der Waals surface area contributed by atoms with Crippen molar-refractivity contribution in [3.05, 3.63) is 50.7 Å². The average molecular weight is 367 g/mol. The highest BCUT2D eigenvalue weighted by atomic mass is 16.4. The van der Waals surface area contributed by atoms with Gasteiger partial charge < -0.3 is 5.11 Å². The summed E-state index contributed by atoms with van der Waals surface area (Å²) in [5, 5.41) is 13.6. The molecule has 1 aromatic carbocycles. The number of hydrogen-bond acceptors (Lipinski definition) is 6. The van der Waals surface area contributed by atoms with Crippen molar-refractivity contribution >= 4 is 5.97 Å². The quantitative estimate of drug-likeness (QED) is 0.741. The third-order valence-corrected chi connectivity index (χ3v) is 4.91. The van der Waals surface area contributed by atoms with E-state index >= 15 is 0 Å². The van der Waals surface area contributed by atoms with E-state index in [9.17, 15) is 14.4 Å². The Hall–Kier alpha value is -3.36. The van der Waals surface area contributed by atoms with Crippen LogP contribution < -0.4 is 11.2 Å². The minimum atomic E-state index is -1.02. The fourth-order valence-electron chi connectivity index (χ4n) is 3.38. The Labute approximate surface area is 153 Å². The topological polar surface area (TPSA) is 120 Å². The largest absolute Gasteiger partial charge is 0.478 e. The van der Waals surface area contributed by atoms with E-state index in [2.05, 4.69) is 15.1 Å². The van der Waals surface area contributed by atoms with Gasteiger partial charge in [-0.05, 0) is 25.0 Å². The van der Waals surface area contributed by atoms with Crippen molar-refractivity contribution < 1.29 is 9.90 Å². The number of carbonyl (C=O) groups is 1. The van der Waals surface area contributed by atoms with Gasteiger partial charge >= 0.3 is 11.7 Å². The van der Waals surface area contributed by atoms with E-state index < -0.39 is 17.2 Å². The molecule has 9 nitrogen and oxygen atoms in total. The molecule has 0 amide bonds. The SMILES string of the molecule is Cn1c(=O)nc2n(C3CCCC3)nc(-c3ccc(C(=O)O)cc3)nc-2c1=O. The highest BCUT2D eigenvalue weighted by molar-refractivity contribution is 5.88. The van der Waals surface area contributed by atoms with E-state index in [0.29, 0.717) is 11.4 Å². The Morgan fingerprint density at radius 3 is 2.41 bits per heavy atom. The third kappa shape index (κ3) is 2.90. The fourth-order valence-corrected chi connectivity index (χ4v) is 3.38. The van der Waals surface area contributed by atoms with E-state index in [0.717, 1.165) is 30.3 Å². The minimum Gasteiger partial charge on any atom is -0.478 e. The van der Waals surface area contributed by atoms with Gasteiger partial charge in [-0.2, -0.15) is 10.1 Å². The first-order chi connectivity index (χ1) is 13.0. The zero-order valence-electron chi connectivity index (χ0n) is 14.6. The van der Waals surface area contributed by atoms with Crippen molar-refractivity contribution in [3.8, 4) is 22.9 Å². The Balaban J connectivity index is 1.96. The molecule has 1 aromatic rings. The van der Waals surface area contributed by atoms with E-state index in [4.69, 9.17) is 5.11 Å². The summed E-state index contributed by atoms with van der Waals surface area (Å²) in [6, 6.07) is 6.17. The fraction of sp³-hybridized carbons (Fsp3) is 0.333. The molecule has 1 saturated carbocycles. The van der Waals surface area contributed by atoms with Crippen molar-refractivity contribution in [3.63, 3.8) is 0 Å². The summed E-state index contributed by atoms with van der Waals surface area (Å²) in [6.07, 6.45) is 3.86. The molecule has 9 heteroatoms. The normalized spacial score (nSPS) is 14.7. The van der Waals surface area contributed by atoms with Gasteiger partial charge in [0.15, 0.2) is 17.3 Å². The van der Waals surface area contributed by atoms with Gasteiger partial charge in [-0.15, -0.1) is 0 Å².